The molecule has 0 spiro atoms. The van der Waals surface area contributed by atoms with Crippen LogP contribution in [0.15, 0.2) is 0 Å². The van der Waals surface area contributed by atoms with E-state index in [0.29, 0.717) is 6.42 Å². The van der Waals surface area contributed by atoms with E-state index in [0.717, 1.165) is 11.8 Å². The van der Waals surface area contributed by atoms with E-state index < -0.39 is 7.82 Å². The average molecular weight is 452 g/mol. The Bertz CT molecular complexity index is 391. The zero-order valence-electron chi connectivity index (χ0n) is 21.4. The molecule has 184 valence electrons. The average Bonchev–Trinajstić information content (AvgIpc) is 2.71. The zero-order chi connectivity index (χ0) is 23.4. The van der Waals surface area contributed by atoms with Crippen molar-refractivity contribution in [3.05, 3.63) is 0 Å². The van der Waals surface area contributed by atoms with E-state index in [1.807, 2.05) is 20.8 Å². The summed E-state index contributed by atoms with van der Waals surface area (Å²) in [6, 6.07) is 0. The molecule has 0 aliphatic rings. The van der Waals surface area contributed by atoms with Crippen LogP contribution in [0.25, 0.3) is 0 Å². The fourth-order valence-electron chi connectivity index (χ4n) is 2.95. The van der Waals surface area contributed by atoms with Crippen molar-refractivity contribution < 1.29 is 18.5 Å². The maximum Gasteiger partial charge on any atom is 0.472 e. The molecule has 0 radical (unpaired) electrons. The molecule has 0 aliphatic heterocycles. The van der Waals surface area contributed by atoms with E-state index in [1.165, 1.54) is 64.5 Å². The summed E-state index contributed by atoms with van der Waals surface area (Å²) in [5.41, 5.74) is 0. The smallest absolute Gasteiger partial charge is 0.316 e. The van der Waals surface area contributed by atoms with E-state index in [4.69, 9.17) is 9.05 Å². The molecule has 0 aromatic heterocycles. The number of rotatable bonds is 18. The Morgan fingerprint density at radius 1 is 0.833 bits per heavy atom. The van der Waals surface area contributed by atoms with Crippen LogP contribution in [0, 0.1) is 17.8 Å². The van der Waals surface area contributed by atoms with Crippen LogP contribution in [-0.2, 0) is 13.6 Å². The van der Waals surface area contributed by atoms with Crippen LogP contribution < -0.4 is 5.32 Å². The normalized spacial score (nSPS) is 16.5. The van der Waals surface area contributed by atoms with Crippen molar-refractivity contribution in [2.24, 2.45) is 17.8 Å². The van der Waals surface area contributed by atoms with Gasteiger partial charge in [-0.15, -0.1) is 0 Å². The summed E-state index contributed by atoms with van der Waals surface area (Å²) in [6.07, 6.45) is 11.4. The maximum atomic E-state index is 11.2. The molecule has 30 heavy (non-hydrogen) atoms. The third kappa shape index (κ3) is 21.3. The van der Waals surface area contributed by atoms with Gasteiger partial charge in [0.05, 0.1) is 12.7 Å². The summed E-state index contributed by atoms with van der Waals surface area (Å²) >= 11 is 0. The SMILES string of the molecule is CCC(C)OP(=O)(O)OCC(C)C.CCCCC(CC)CNCC(CC)CCCC. The summed E-state index contributed by atoms with van der Waals surface area (Å²) in [7, 11) is -3.82. The van der Waals surface area contributed by atoms with Gasteiger partial charge in [0.2, 0.25) is 0 Å². The van der Waals surface area contributed by atoms with Gasteiger partial charge >= 0.3 is 7.82 Å². The number of phosphoric ester groups is 1. The molecule has 0 aromatic carbocycles. The lowest BCUT2D eigenvalue weighted by Gasteiger charge is -2.19. The van der Waals surface area contributed by atoms with E-state index in [9.17, 15) is 9.46 Å². The highest BCUT2D eigenvalue weighted by molar-refractivity contribution is 7.47. The summed E-state index contributed by atoms with van der Waals surface area (Å²) in [4.78, 5) is 9.18. The molecule has 0 fully saturated rings. The summed E-state index contributed by atoms with van der Waals surface area (Å²) in [5.74, 6) is 2.03. The first kappa shape index (κ1) is 32.3. The Morgan fingerprint density at radius 3 is 1.63 bits per heavy atom. The minimum Gasteiger partial charge on any atom is -0.316 e. The van der Waals surface area contributed by atoms with Crippen LogP contribution in [0.3, 0.4) is 0 Å². The van der Waals surface area contributed by atoms with E-state index >= 15 is 0 Å². The standard InChI is InChI=1S/C16H35N.C8H19O4P/c1-5-9-11-15(7-3)13-17-14-16(8-4)12-10-6-2;1-5-8(4)12-13(9,10)11-6-7(2)3/h15-17H,5-14H2,1-4H3;7-8H,5-6H2,1-4H3,(H,9,10). The minimum absolute atomic E-state index is 0.223. The summed E-state index contributed by atoms with van der Waals surface area (Å²) < 4.78 is 20.8. The van der Waals surface area contributed by atoms with Gasteiger partial charge in [0.25, 0.3) is 0 Å². The molecular weight excluding hydrogens is 397 g/mol. The molecule has 0 heterocycles. The van der Waals surface area contributed by atoms with Crippen molar-refractivity contribution in [3.8, 4) is 0 Å². The first-order valence-corrected chi connectivity index (χ1v) is 14.0. The van der Waals surface area contributed by atoms with Crippen LogP contribution in [0.4, 0.5) is 0 Å². The van der Waals surface area contributed by atoms with Gasteiger partial charge in [-0.25, -0.2) is 4.57 Å². The second-order valence-corrected chi connectivity index (χ2v) is 10.4. The quantitative estimate of drug-likeness (QED) is 0.210. The summed E-state index contributed by atoms with van der Waals surface area (Å²) in [5, 5.41) is 3.71. The maximum absolute atomic E-state index is 11.2. The van der Waals surface area contributed by atoms with Crippen LogP contribution >= 0.6 is 7.82 Å². The third-order valence-corrected chi connectivity index (χ3v) is 6.51. The molecule has 5 nitrogen and oxygen atoms in total. The van der Waals surface area contributed by atoms with Gasteiger partial charge in [0.1, 0.15) is 0 Å². The molecule has 4 atom stereocenters. The van der Waals surface area contributed by atoms with Gasteiger partial charge in [-0.05, 0) is 57.0 Å². The van der Waals surface area contributed by atoms with Gasteiger partial charge in [0.15, 0.2) is 0 Å². The van der Waals surface area contributed by atoms with Gasteiger partial charge in [-0.3, -0.25) is 9.05 Å². The van der Waals surface area contributed by atoms with Crippen molar-refractivity contribution in [2.75, 3.05) is 19.7 Å². The van der Waals surface area contributed by atoms with Crippen molar-refractivity contribution in [1.29, 1.82) is 0 Å². The monoisotopic (exact) mass is 451 g/mol. The van der Waals surface area contributed by atoms with Crippen LogP contribution in [-0.4, -0.2) is 30.7 Å². The first-order chi connectivity index (χ1) is 14.1. The van der Waals surface area contributed by atoms with Crippen molar-refractivity contribution >= 4 is 7.82 Å². The zero-order valence-corrected chi connectivity index (χ0v) is 22.3. The minimum atomic E-state index is -3.82. The lowest BCUT2D eigenvalue weighted by atomic mass is 9.97. The number of nitrogens with one attached hydrogen (secondary N) is 1. The van der Waals surface area contributed by atoms with Gasteiger partial charge in [-0.2, -0.15) is 0 Å². The second-order valence-electron chi connectivity index (χ2n) is 8.97. The predicted octanol–water partition coefficient (Wildman–Crippen LogP) is 7.58. The topological polar surface area (TPSA) is 67.8 Å². The van der Waals surface area contributed by atoms with E-state index in [-0.39, 0.29) is 18.6 Å². The van der Waals surface area contributed by atoms with Gasteiger partial charge < -0.3 is 10.2 Å². The van der Waals surface area contributed by atoms with E-state index in [1.54, 1.807) is 6.92 Å². The molecule has 6 heteroatoms. The van der Waals surface area contributed by atoms with Crippen LogP contribution in [0.5, 0.6) is 0 Å². The molecule has 0 rings (SSSR count). The number of phosphoric acid groups is 1. The Hall–Kier alpha value is 0.0700. The second kappa shape index (κ2) is 20.9. The third-order valence-electron chi connectivity index (χ3n) is 5.41. The van der Waals surface area contributed by atoms with Crippen molar-refractivity contribution in [1.82, 2.24) is 5.32 Å². The van der Waals surface area contributed by atoms with E-state index in [2.05, 4.69) is 33.0 Å². The molecule has 0 aliphatic carbocycles. The lowest BCUT2D eigenvalue weighted by Crippen LogP contribution is -2.28. The molecule has 0 saturated heterocycles. The Labute approximate surface area is 188 Å². The number of unbranched alkanes of at least 4 members (excludes halogenated alkanes) is 2. The molecular formula is C24H54NO4P. The molecule has 0 amide bonds. The van der Waals surface area contributed by atoms with Crippen molar-refractivity contribution in [3.63, 3.8) is 0 Å². The first-order valence-electron chi connectivity index (χ1n) is 12.5. The molecule has 0 bridgehead atoms. The molecule has 0 aromatic rings. The Kier molecular flexibility index (Phi) is 22.5. The van der Waals surface area contributed by atoms with Crippen molar-refractivity contribution in [2.45, 2.75) is 119 Å². The van der Waals surface area contributed by atoms with Gasteiger partial charge in [0, 0.05) is 0 Å². The van der Waals surface area contributed by atoms with Crippen LogP contribution in [0.2, 0.25) is 0 Å². The lowest BCUT2D eigenvalue weighted by molar-refractivity contribution is 0.103. The number of hydrogen-bond donors (Lipinski definition) is 2. The Balaban J connectivity index is 0. The highest BCUT2D eigenvalue weighted by Crippen LogP contribution is 2.45. The largest absolute Gasteiger partial charge is 0.472 e. The fourth-order valence-corrected chi connectivity index (χ4v) is 4.11. The van der Waals surface area contributed by atoms with Crippen LogP contribution in [0.1, 0.15) is 113 Å². The predicted molar refractivity (Wildman–Crippen MR) is 131 cm³/mol. The molecule has 0 saturated carbocycles. The highest BCUT2D eigenvalue weighted by Gasteiger charge is 2.23. The fraction of sp³-hybridized carbons (Fsp3) is 1.00. The number of hydrogen-bond acceptors (Lipinski definition) is 4. The highest BCUT2D eigenvalue weighted by atomic mass is 31.2. The Morgan fingerprint density at radius 2 is 1.30 bits per heavy atom. The van der Waals surface area contributed by atoms with Gasteiger partial charge in [-0.1, -0.05) is 87.0 Å². The molecule has 2 N–H and O–H groups in total. The summed E-state index contributed by atoms with van der Waals surface area (Å²) in [6.45, 7) is 19.4. The molecule has 4 unspecified atom stereocenters.